The molecule has 0 saturated heterocycles. The number of nitrogens with one attached hydrogen (secondary N) is 2. The van der Waals surface area contributed by atoms with Crippen molar-refractivity contribution in [2.24, 2.45) is 0 Å². The first kappa shape index (κ1) is 27.4. The Morgan fingerprint density at radius 2 is 1.82 bits per heavy atom. The van der Waals surface area contributed by atoms with Crippen molar-refractivity contribution in [3.63, 3.8) is 0 Å². The minimum atomic E-state index is -4.60. The molecule has 0 saturated carbocycles. The molecule has 0 radical (unpaired) electrons. The highest BCUT2D eigenvalue weighted by molar-refractivity contribution is 7.90. The van der Waals surface area contributed by atoms with Gasteiger partial charge in [-0.25, -0.2) is 22.9 Å². The summed E-state index contributed by atoms with van der Waals surface area (Å²) >= 11 is 5.93. The summed E-state index contributed by atoms with van der Waals surface area (Å²) in [4.78, 5) is 20.8. The number of carbonyl (C=O) groups is 1. The van der Waals surface area contributed by atoms with Crippen LogP contribution in [0.4, 0.5) is 18.0 Å². The number of carbonyl (C=O) groups excluding carboxylic acids is 1. The highest BCUT2D eigenvalue weighted by atomic mass is 35.5. The van der Waals surface area contributed by atoms with Crippen molar-refractivity contribution in [1.82, 2.24) is 24.6 Å². The fourth-order valence-corrected chi connectivity index (χ4v) is 5.02. The molecular formula is C25H23ClF3N5O3S. The summed E-state index contributed by atoms with van der Waals surface area (Å²) in [6, 6.07) is 10.8. The second-order valence-electron chi connectivity index (χ2n) is 8.47. The van der Waals surface area contributed by atoms with Crippen LogP contribution in [0.3, 0.4) is 0 Å². The van der Waals surface area contributed by atoms with Crippen molar-refractivity contribution in [2.75, 3.05) is 6.54 Å². The maximum absolute atomic E-state index is 13.3. The van der Waals surface area contributed by atoms with Gasteiger partial charge in [-0.3, -0.25) is 9.55 Å². The summed E-state index contributed by atoms with van der Waals surface area (Å²) < 4.78 is 68.1. The van der Waals surface area contributed by atoms with Crippen molar-refractivity contribution in [2.45, 2.75) is 37.8 Å². The number of pyridine rings is 1. The Morgan fingerprint density at radius 1 is 1.11 bits per heavy atom. The summed E-state index contributed by atoms with van der Waals surface area (Å²) in [6.45, 7) is 3.77. The molecule has 13 heteroatoms. The van der Waals surface area contributed by atoms with E-state index in [1.165, 1.54) is 18.2 Å². The van der Waals surface area contributed by atoms with Gasteiger partial charge in [0.2, 0.25) is 0 Å². The van der Waals surface area contributed by atoms with Crippen LogP contribution in [-0.4, -0.2) is 35.5 Å². The van der Waals surface area contributed by atoms with E-state index in [1.54, 1.807) is 35.0 Å². The van der Waals surface area contributed by atoms with Crippen LogP contribution in [-0.2, 0) is 29.0 Å². The third-order valence-corrected chi connectivity index (χ3v) is 7.39. The maximum Gasteiger partial charge on any atom is 0.417 e. The Morgan fingerprint density at radius 3 is 2.42 bits per heavy atom. The number of halogens is 4. The Bertz CT molecular complexity index is 1590. The lowest BCUT2D eigenvalue weighted by Gasteiger charge is -2.11. The zero-order valence-electron chi connectivity index (χ0n) is 20.3. The lowest BCUT2D eigenvalue weighted by Crippen LogP contribution is -2.40. The fraction of sp³-hybridized carbons (Fsp3) is 0.240. The number of sulfonamides is 1. The van der Waals surface area contributed by atoms with E-state index in [-0.39, 0.29) is 17.0 Å². The van der Waals surface area contributed by atoms with Gasteiger partial charge in [0.25, 0.3) is 10.0 Å². The Balaban J connectivity index is 1.44. The summed E-state index contributed by atoms with van der Waals surface area (Å²) in [7, 11) is -4.00. The minimum Gasteiger partial charge on any atom is -0.337 e. The molecule has 2 heterocycles. The summed E-state index contributed by atoms with van der Waals surface area (Å²) in [6.07, 6.45) is -2.28. The number of alkyl halides is 3. The quantitative estimate of drug-likeness (QED) is 0.321. The third kappa shape index (κ3) is 5.91. The standard InChI is InChI=1S/C25H23ClF3N5O3S/c1-3-23-32-21-12-19(25(27,28)29)20(26)13-22(21)34(23)17-7-6-16(31-14-17)10-11-30-24(35)33-38(36,37)18-8-4-15(2)5-9-18/h4-9,12-14H,3,10-11H2,1-2H3,(H2,30,33,35). The van der Waals surface area contributed by atoms with Crippen LogP contribution in [0.15, 0.2) is 59.6 Å². The number of amides is 2. The Hall–Kier alpha value is -3.64. The second kappa shape index (κ2) is 10.6. The van der Waals surface area contributed by atoms with E-state index < -0.39 is 32.8 Å². The number of fused-ring (bicyclic) bond motifs is 1. The monoisotopic (exact) mass is 565 g/mol. The van der Waals surface area contributed by atoms with Crippen molar-refractivity contribution in [3.8, 4) is 5.69 Å². The van der Waals surface area contributed by atoms with E-state index in [1.807, 2.05) is 18.6 Å². The molecule has 0 aliphatic carbocycles. The van der Waals surface area contributed by atoms with Gasteiger partial charge < -0.3 is 5.32 Å². The van der Waals surface area contributed by atoms with Gasteiger partial charge >= 0.3 is 12.2 Å². The topological polar surface area (TPSA) is 106 Å². The van der Waals surface area contributed by atoms with E-state index in [2.05, 4.69) is 15.3 Å². The molecule has 2 amide bonds. The lowest BCUT2D eigenvalue weighted by atomic mass is 10.2. The first-order valence-electron chi connectivity index (χ1n) is 11.5. The highest BCUT2D eigenvalue weighted by Crippen LogP contribution is 2.37. The van der Waals surface area contributed by atoms with Gasteiger partial charge in [0.15, 0.2) is 0 Å². The van der Waals surface area contributed by atoms with Gasteiger partial charge in [0.1, 0.15) is 5.82 Å². The summed E-state index contributed by atoms with van der Waals surface area (Å²) in [5.41, 5.74) is 1.71. The average Bonchev–Trinajstić information content (AvgIpc) is 3.20. The second-order valence-corrected chi connectivity index (χ2v) is 10.6. The number of aromatic nitrogens is 3. The molecule has 8 nitrogen and oxygen atoms in total. The molecule has 4 rings (SSSR count). The van der Waals surface area contributed by atoms with Crippen molar-refractivity contribution in [1.29, 1.82) is 0 Å². The molecule has 200 valence electrons. The van der Waals surface area contributed by atoms with E-state index in [9.17, 15) is 26.4 Å². The third-order valence-electron chi connectivity index (χ3n) is 5.73. The number of benzene rings is 2. The SMILES string of the molecule is CCc1nc2cc(C(F)(F)F)c(Cl)cc2n1-c1ccc(CCNC(=O)NS(=O)(=O)c2ccc(C)cc2)nc1. The predicted octanol–water partition coefficient (Wildman–Crippen LogP) is 5.19. The number of rotatable bonds is 7. The molecule has 0 aliphatic heterocycles. The number of imidazole rings is 1. The highest BCUT2D eigenvalue weighted by Gasteiger charge is 2.34. The van der Waals surface area contributed by atoms with Crippen LogP contribution in [0, 0.1) is 6.92 Å². The molecule has 2 aromatic carbocycles. The smallest absolute Gasteiger partial charge is 0.337 e. The molecule has 0 aliphatic rings. The van der Waals surface area contributed by atoms with Crippen LogP contribution in [0.1, 0.15) is 29.6 Å². The zero-order chi connectivity index (χ0) is 27.7. The van der Waals surface area contributed by atoms with Gasteiger partial charge in [0.05, 0.1) is 38.4 Å². The molecule has 0 fully saturated rings. The normalized spacial score (nSPS) is 12.1. The van der Waals surface area contributed by atoms with Gasteiger partial charge in [0, 0.05) is 25.1 Å². The molecule has 0 bridgehead atoms. The zero-order valence-corrected chi connectivity index (χ0v) is 21.9. The molecule has 2 aromatic heterocycles. The molecule has 38 heavy (non-hydrogen) atoms. The lowest BCUT2D eigenvalue weighted by molar-refractivity contribution is -0.137. The number of urea groups is 1. The van der Waals surface area contributed by atoms with Gasteiger partial charge in [-0.15, -0.1) is 0 Å². The van der Waals surface area contributed by atoms with Crippen LogP contribution >= 0.6 is 11.6 Å². The van der Waals surface area contributed by atoms with Crippen LogP contribution < -0.4 is 10.0 Å². The number of hydrogen-bond acceptors (Lipinski definition) is 5. The van der Waals surface area contributed by atoms with Crippen LogP contribution in [0.2, 0.25) is 5.02 Å². The average molecular weight is 566 g/mol. The summed E-state index contributed by atoms with van der Waals surface area (Å²) in [5, 5.41) is 2.06. The van der Waals surface area contributed by atoms with Crippen LogP contribution in [0.25, 0.3) is 16.7 Å². The molecule has 2 N–H and O–H groups in total. The van der Waals surface area contributed by atoms with E-state index in [0.717, 1.165) is 11.6 Å². The van der Waals surface area contributed by atoms with Crippen LogP contribution in [0.5, 0.6) is 0 Å². The first-order valence-corrected chi connectivity index (χ1v) is 13.4. The van der Waals surface area contributed by atoms with E-state index >= 15 is 0 Å². The van der Waals surface area contributed by atoms with E-state index in [4.69, 9.17) is 11.6 Å². The first-order chi connectivity index (χ1) is 17.9. The molecule has 0 atom stereocenters. The van der Waals surface area contributed by atoms with Gasteiger partial charge in [-0.05, 0) is 43.3 Å². The molecule has 0 spiro atoms. The maximum atomic E-state index is 13.3. The van der Waals surface area contributed by atoms with Crippen molar-refractivity contribution in [3.05, 3.63) is 82.4 Å². The Kier molecular flexibility index (Phi) is 7.65. The predicted molar refractivity (Wildman–Crippen MR) is 137 cm³/mol. The minimum absolute atomic E-state index is 0.0232. The molecular weight excluding hydrogens is 543 g/mol. The summed E-state index contributed by atoms with van der Waals surface area (Å²) in [5.74, 6) is 0.540. The van der Waals surface area contributed by atoms with Crippen molar-refractivity contribution < 1.29 is 26.4 Å². The number of aryl methyl sites for hydroxylation is 2. The Labute approximate surface area is 221 Å². The fourth-order valence-electron chi connectivity index (χ4n) is 3.83. The molecule has 0 unspecified atom stereocenters. The van der Waals surface area contributed by atoms with Gasteiger partial charge in [-0.1, -0.05) is 36.2 Å². The van der Waals surface area contributed by atoms with Gasteiger partial charge in [-0.2, -0.15) is 13.2 Å². The largest absolute Gasteiger partial charge is 0.417 e. The van der Waals surface area contributed by atoms with E-state index in [0.29, 0.717) is 35.6 Å². The number of nitrogens with zero attached hydrogens (tertiary/aromatic N) is 3. The molecule has 4 aromatic rings. The number of hydrogen-bond donors (Lipinski definition) is 2. The van der Waals surface area contributed by atoms with Crippen molar-refractivity contribution >= 4 is 38.7 Å².